The van der Waals surface area contributed by atoms with Crippen molar-refractivity contribution < 1.29 is 21.1 Å². The van der Waals surface area contributed by atoms with Crippen LogP contribution in [0.1, 0.15) is 33.1 Å². The van der Waals surface area contributed by atoms with Gasteiger partial charge in [0.15, 0.2) is 0 Å². The molecule has 0 aliphatic rings. The van der Waals surface area contributed by atoms with E-state index in [1.165, 1.54) is 19.3 Å². The zero-order valence-electron chi connectivity index (χ0n) is 5.11. The van der Waals surface area contributed by atoms with Gasteiger partial charge in [0.2, 0.25) is 0 Å². The average Bonchev–Trinajstić information content (AvgIpc) is 1.61. The first-order valence-electron chi connectivity index (χ1n) is 2.69. The zero-order valence-corrected chi connectivity index (χ0v) is 8.04. The fourth-order valence-corrected chi connectivity index (χ4v) is 0.408. The van der Waals surface area contributed by atoms with E-state index in [1.54, 1.807) is 0 Å². The Bertz CT molecular complexity index is 16.1. The largest absolute Gasteiger partial charge is 2.00 e. The SMILES string of the molecule is C[CH-]CCCC.[W+2]. The van der Waals surface area contributed by atoms with Crippen LogP contribution in [-0.4, -0.2) is 0 Å². The summed E-state index contributed by atoms with van der Waals surface area (Å²) in [6, 6.07) is 0. The summed E-state index contributed by atoms with van der Waals surface area (Å²) in [5.74, 6) is 0. The fourth-order valence-electron chi connectivity index (χ4n) is 0.408. The van der Waals surface area contributed by atoms with Crippen LogP contribution < -0.4 is 0 Å². The summed E-state index contributed by atoms with van der Waals surface area (Å²) in [5.41, 5.74) is 0. The molecule has 0 amide bonds. The molecule has 0 saturated heterocycles. The second-order valence-electron chi connectivity index (χ2n) is 1.55. The molecule has 0 bridgehead atoms. The molecule has 1 heteroatoms. The van der Waals surface area contributed by atoms with Gasteiger partial charge in [0.05, 0.1) is 0 Å². The molecule has 0 nitrogen and oxygen atoms in total. The summed E-state index contributed by atoms with van der Waals surface area (Å²) < 4.78 is 0. The summed E-state index contributed by atoms with van der Waals surface area (Å²) >= 11 is 0. The second-order valence-corrected chi connectivity index (χ2v) is 1.55. The molecule has 0 aromatic rings. The third-order valence-corrected chi connectivity index (χ3v) is 0.846. The van der Waals surface area contributed by atoms with Gasteiger partial charge in [-0.25, -0.2) is 0 Å². The molecule has 0 atom stereocenters. The molecule has 0 saturated carbocycles. The van der Waals surface area contributed by atoms with Gasteiger partial charge in [-0.05, 0) is 0 Å². The van der Waals surface area contributed by atoms with Gasteiger partial charge in [-0.3, -0.25) is 0 Å². The maximum atomic E-state index is 2.21. The molecule has 0 aliphatic heterocycles. The van der Waals surface area contributed by atoms with Crippen LogP contribution in [0.3, 0.4) is 0 Å². The Labute approximate surface area is 61.0 Å². The van der Waals surface area contributed by atoms with Crippen LogP contribution in [0.25, 0.3) is 0 Å². The van der Waals surface area contributed by atoms with Gasteiger partial charge >= 0.3 is 21.1 Å². The number of rotatable bonds is 3. The summed E-state index contributed by atoms with van der Waals surface area (Å²) in [5, 5.41) is 0. The Morgan fingerprint density at radius 2 is 2.00 bits per heavy atom. The minimum absolute atomic E-state index is 0. The Balaban J connectivity index is 0. The maximum absolute atomic E-state index is 2.21. The number of hydrogen-bond acceptors (Lipinski definition) is 0. The van der Waals surface area contributed by atoms with E-state index < -0.39 is 0 Å². The van der Waals surface area contributed by atoms with Crippen LogP contribution in [0, 0.1) is 6.42 Å². The summed E-state index contributed by atoms with van der Waals surface area (Å²) in [6.07, 6.45) is 6.18. The molecule has 0 rings (SSSR count). The number of hydrogen-bond donors (Lipinski definition) is 0. The molecule has 0 aromatic heterocycles. The van der Waals surface area contributed by atoms with Gasteiger partial charge < -0.3 is 6.42 Å². The summed E-state index contributed by atoms with van der Waals surface area (Å²) in [4.78, 5) is 0. The van der Waals surface area contributed by atoms with Crippen molar-refractivity contribution in [2.45, 2.75) is 33.1 Å². The first kappa shape index (κ1) is 10.6. The van der Waals surface area contributed by atoms with Crippen molar-refractivity contribution in [3.8, 4) is 0 Å². The Morgan fingerprint density at radius 3 is 2.14 bits per heavy atom. The van der Waals surface area contributed by atoms with Crippen molar-refractivity contribution in [3.05, 3.63) is 6.42 Å². The van der Waals surface area contributed by atoms with Gasteiger partial charge in [0.25, 0.3) is 0 Å². The maximum Gasteiger partial charge on any atom is 2.00 e. The molecular weight excluding hydrogens is 256 g/mol. The Kier molecular flexibility index (Phi) is 15.0. The van der Waals surface area contributed by atoms with E-state index in [0.717, 1.165) is 0 Å². The van der Waals surface area contributed by atoms with Crippen LogP contribution >= 0.6 is 0 Å². The predicted octanol–water partition coefficient (Wildman–Crippen LogP) is 2.40. The monoisotopic (exact) mass is 269 g/mol. The smallest absolute Gasteiger partial charge is 0.332 e. The third-order valence-electron chi connectivity index (χ3n) is 0.846. The quantitative estimate of drug-likeness (QED) is 0.545. The first-order chi connectivity index (χ1) is 2.91. The van der Waals surface area contributed by atoms with Crippen LogP contribution in [0.5, 0.6) is 0 Å². The molecule has 0 aliphatic carbocycles. The van der Waals surface area contributed by atoms with Crippen LogP contribution in [0.2, 0.25) is 0 Å². The van der Waals surface area contributed by atoms with E-state index in [-0.39, 0.29) is 21.1 Å². The average molecular weight is 269 g/mol. The van der Waals surface area contributed by atoms with Crippen molar-refractivity contribution in [3.63, 3.8) is 0 Å². The van der Waals surface area contributed by atoms with Gasteiger partial charge in [0, 0.05) is 0 Å². The standard InChI is InChI=1S/C6H13.W/c1-3-5-6-4-2;/h3H,4-6H2,1-2H3;/q-1;+2. The van der Waals surface area contributed by atoms with Crippen molar-refractivity contribution in [1.82, 2.24) is 0 Å². The van der Waals surface area contributed by atoms with Crippen molar-refractivity contribution in [2.24, 2.45) is 0 Å². The van der Waals surface area contributed by atoms with Crippen LogP contribution in [0.15, 0.2) is 0 Å². The van der Waals surface area contributed by atoms with Crippen LogP contribution in [0.4, 0.5) is 0 Å². The minimum Gasteiger partial charge on any atom is -0.332 e. The molecule has 7 heavy (non-hydrogen) atoms. The van der Waals surface area contributed by atoms with Gasteiger partial charge in [0.1, 0.15) is 0 Å². The molecule has 0 aromatic carbocycles. The van der Waals surface area contributed by atoms with E-state index in [0.29, 0.717) is 0 Å². The van der Waals surface area contributed by atoms with Crippen molar-refractivity contribution >= 4 is 0 Å². The summed E-state index contributed by atoms with van der Waals surface area (Å²) in [7, 11) is 0. The van der Waals surface area contributed by atoms with E-state index in [2.05, 4.69) is 20.3 Å². The third kappa shape index (κ3) is 10.8. The van der Waals surface area contributed by atoms with E-state index >= 15 is 0 Å². The molecule has 0 N–H and O–H groups in total. The van der Waals surface area contributed by atoms with Gasteiger partial charge in [-0.2, -0.15) is 13.3 Å². The molecule has 0 fully saturated rings. The van der Waals surface area contributed by atoms with E-state index in [1.807, 2.05) is 0 Å². The number of unbranched alkanes of at least 4 members (excludes halogenated alkanes) is 3. The topological polar surface area (TPSA) is 0 Å². The van der Waals surface area contributed by atoms with Gasteiger partial charge in [-0.1, -0.05) is 19.8 Å². The first-order valence-corrected chi connectivity index (χ1v) is 2.69. The second kappa shape index (κ2) is 9.85. The van der Waals surface area contributed by atoms with E-state index in [9.17, 15) is 0 Å². The van der Waals surface area contributed by atoms with Crippen molar-refractivity contribution in [2.75, 3.05) is 0 Å². The zero-order chi connectivity index (χ0) is 4.83. The van der Waals surface area contributed by atoms with Gasteiger partial charge in [-0.15, -0.1) is 0 Å². The Morgan fingerprint density at radius 1 is 1.43 bits per heavy atom. The molecule has 42 valence electrons. The van der Waals surface area contributed by atoms with Crippen LogP contribution in [-0.2, 0) is 21.1 Å². The fraction of sp³-hybridized carbons (Fsp3) is 0.833. The minimum atomic E-state index is 0. The molecule has 0 radical (unpaired) electrons. The van der Waals surface area contributed by atoms with Crippen molar-refractivity contribution in [1.29, 1.82) is 0 Å². The summed E-state index contributed by atoms with van der Waals surface area (Å²) in [6.45, 7) is 4.32. The molecular formula is C6H13W+. The molecule has 0 heterocycles. The van der Waals surface area contributed by atoms with E-state index in [4.69, 9.17) is 0 Å². The molecule has 0 spiro atoms. The Hall–Kier alpha value is 0.688. The normalized spacial score (nSPS) is 7.71. The predicted molar refractivity (Wildman–Crippen MR) is 29.5 cm³/mol. The molecule has 0 unspecified atom stereocenters.